The summed E-state index contributed by atoms with van der Waals surface area (Å²) < 4.78 is 17.0. The summed E-state index contributed by atoms with van der Waals surface area (Å²) in [5.41, 5.74) is 0. The van der Waals surface area contributed by atoms with Gasteiger partial charge < -0.3 is 14.2 Å². The fraction of sp³-hybridized carbons (Fsp3) is 0.817. The molecule has 6 heteroatoms. The van der Waals surface area contributed by atoms with Crippen LogP contribution in [0.15, 0.2) is 60.8 Å². The summed E-state index contributed by atoms with van der Waals surface area (Å²) in [7, 11) is 0. The third-order valence-corrected chi connectivity index (χ3v) is 15.0. The summed E-state index contributed by atoms with van der Waals surface area (Å²) in [6.07, 6.45) is 83.7. The highest BCUT2D eigenvalue weighted by molar-refractivity contribution is 5.71. The highest BCUT2D eigenvalue weighted by Crippen LogP contribution is 2.17. The lowest BCUT2D eigenvalue weighted by Gasteiger charge is -2.18. The Bertz CT molecular complexity index is 1380. The van der Waals surface area contributed by atoms with Gasteiger partial charge in [0, 0.05) is 19.3 Å². The number of hydrogen-bond acceptors (Lipinski definition) is 6. The van der Waals surface area contributed by atoms with E-state index in [1.165, 1.54) is 238 Å². The quantitative estimate of drug-likeness (QED) is 0.0261. The minimum Gasteiger partial charge on any atom is -0.462 e. The Hall–Kier alpha value is -2.89. The van der Waals surface area contributed by atoms with E-state index < -0.39 is 6.10 Å². The summed E-state index contributed by atoms with van der Waals surface area (Å²) in [5, 5.41) is 0. The minimum atomic E-state index is -0.781. The van der Waals surface area contributed by atoms with E-state index >= 15 is 0 Å². The number of carbonyl (C=O) groups is 3. The highest BCUT2D eigenvalue weighted by atomic mass is 16.6. The number of esters is 3. The predicted octanol–water partition coefficient (Wildman–Crippen LogP) is 23.1. The van der Waals surface area contributed by atoms with Crippen LogP contribution in [0.25, 0.3) is 0 Å². The van der Waals surface area contributed by atoms with Crippen LogP contribution in [0, 0.1) is 0 Å². The van der Waals surface area contributed by atoms with E-state index in [9.17, 15) is 14.4 Å². The van der Waals surface area contributed by atoms with E-state index in [4.69, 9.17) is 14.2 Å². The predicted molar refractivity (Wildman–Crippen MR) is 335 cm³/mol. The number of unbranched alkanes of at least 4 members (excludes halogenated alkanes) is 41. The van der Waals surface area contributed by atoms with Gasteiger partial charge in [0.05, 0.1) is 0 Å². The molecule has 0 rings (SSSR count). The van der Waals surface area contributed by atoms with Crippen LogP contribution in [-0.2, 0) is 28.6 Å². The van der Waals surface area contributed by atoms with E-state index in [1.54, 1.807) is 0 Å². The molecule has 0 aliphatic carbocycles. The first-order valence-electron chi connectivity index (χ1n) is 33.8. The third kappa shape index (κ3) is 63.8. The van der Waals surface area contributed by atoms with Crippen LogP contribution in [-0.4, -0.2) is 37.2 Å². The van der Waals surface area contributed by atoms with Crippen molar-refractivity contribution in [3.8, 4) is 0 Å². The van der Waals surface area contributed by atoms with Crippen LogP contribution >= 0.6 is 0 Å². The molecule has 0 aromatic carbocycles. The van der Waals surface area contributed by atoms with E-state index in [2.05, 4.69) is 81.5 Å². The van der Waals surface area contributed by atoms with Crippen molar-refractivity contribution in [1.29, 1.82) is 0 Å². The Balaban J connectivity index is 4.31. The molecule has 448 valence electrons. The van der Waals surface area contributed by atoms with Gasteiger partial charge in [0.1, 0.15) is 13.2 Å². The van der Waals surface area contributed by atoms with Crippen molar-refractivity contribution in [2.24, 2.45) is 0 Å². The number of carbonyl (C=O) groups excluding carboxylic acids is 3. The second-order valence-corrected chi connectivity index (χ2v) is 22.7. The molecule has 77 heavy (non-hydrogen) atoms. The number of hydrogen-bond donors (Lipinski definition) is 0. The van der Waals surface area contributed by atoms with Gasteiger partial charge in [-0.15, -0.1) is 0 Å². The molecule has 0 N–H and O–H groups in total. The zero-order valence-corrected chi connectivity index (χ0v) is 51.5. The van der Waals surface area contributed by atoms with Crippen molar-refractivity contribution in [3.63, 3.8) is 0 Å². The second kappa shape index (κ2) is 65.6. The number of ether oxygens (including phenoxy) is 3. The molecule has 0 aliphatic rings. The average molecular weight is 1080 g/mol. The number of allylic oxidation sites excluding steroid dienone is 10. The Morgan fingerprint density at radius 3 is 0.753 bits per heavy atom. The normalized spacial score (nSPS) is 12.4. The molecule has 0 fully saturated rings. The Morgan fingerprint density at radius 2 is 0.468 bits per heavy atom. The molecule has 0 aromatic rings. The summed E-state index contributed by atoms with van der Waals surface area (Å²) >= 11 is 0. The maximum atomic E-state index is 12.9. The molecule has 6 nitrogen and oxygen atoms in total. The molecule has 0 spiro atoms. The van der Waals surface area contributed by atoms with E-state index in [0.29, 0.717) is 19.3 Å². The van der Waals surface area contributed by atoms with Gasteiger partial charge in [-0.05, 0) is 109 Å². The van der Waals surface area contributed by atoms with Crippen molar-refractivity contribution in [1.82, 2.24) is 0 Å². The fourth-order valence-corrected chi connectivity index (χ4v) is 9.85. The van der Waals surface area contributed by atoms with Crippen LogP contribution < -0.4 is 0 Å². The maximum absolute atomic E-state index is 12.9. The van der Waals surface area contributed by atoms with Crippen LogP contribution in [0.3, 0.4) is 0 Å². The molecule has 1 atom stereocenters. The molecule has 0 saturated carbocycles. The topological polar surface area (TPSA) is 78.9 Å². The third-order valence-electron chi connectivity index (χ3n) is 15.0. The molecule has 0 amide bonds. The maximum Gasteiger partial charge on any atom is 0.306 e. The van der Waals surface area contributed by atoms with Gasteiger partial charge in [-0.25, -0.2) is 0 Å². The van der Waals surface area contributed by atoms with Crippen molar-refractivity contribution >= 4 is 17.9 Å². The van der Waals surface area contributed by atoms with Gasteiger partial charge in [-0.3, -0.25) is 14.4 Å². The Morgan fingerprint density at radius 1 is 0.260 bits per heavy atom. The van der Waals surface area contributed by atoms with Crippen molar-refractivity contribution < 1.29 is 28.6 Å². The van der Waals surface area contributed by atoms with Crippen molar-refractivity contribution in [3.05, 3.63) is 60.8 Å². The highest BCUT2D eigenvalue weighted by Gasteiger charge is 2.19. The molecule has 0 saturated heterocycles. The van der Waals surface area contributed by atoms with Gasteiger partial charge >= 0.3 is 17.9 Å². The summed E-state index contributed by atoms with van der Waals surface area (Å²) in [6.45, 7) is 6.64. The second-order valence-electron chi connectivity index (χ2n) is 22.7. The number of rotatable bonds is 62. The summed E-state index contributed by atoms with van der Waals surface area (Å²) in [5.74, 6) is -0.870. The smallest absolute Gasteiger partial charge is 0.306 e. The minimum absolute atomic E-state index is 0.0769. The standard InChI is InChI=1S/C71H128O6/c1-4-7-10-13-16-19-22-25-28-31-32-33-34-35-36-37-38-41-43-46-49-52-55-58-61-64-70(73)76-67-68(77-71(74)65-62-59-56-53-50-47-44-40-30-27-24-21-18-15-12-9-6-3)66-75-69(72)63-60-57-54-51-48-45-42-39-29-26-23-20-17-14-11-8-5-2/h18,21-22,25-27,29-32,68H,4-17,19-20,23-24,28,33-67H2,1-3H3/b21-18-,25-22-,29-26-,30-27-,32-31-. The lowest BCUT2D eigenvalue weighted by Crippen LogP contribution is -2.30. The lowest BCUT2D eigenvalue weighted by molar-refractivity contribution is -0.167. The molecule has 0 heterocycles. The SMILES string of the molecule is CCCCC/C=C\C/C=C\CCCCCCCCCC(=O)OC(COC(=O)CCCCCCCCC/C=C\CCCCCCCC)COC(=O)CCCCCCCCCCCCCCC/C=C\C/C=C\CCCCCCC. The molecular weight excluding hydrogens is 949 g/mol. The molecular formula is C71H128O6. The van der Waals surface area contributed by atoms with E-state index in [-0.39, 0.29) is 31.1 Å². The first kappa shape index (κ1) is 74.1. The zero-order valence-electron chi connectivity index (χ0n) is 51.5. The molecule has 0 aliphatic heterocycles. The molecule has 1 unspecified atom stereocenters. The Labute approximate surface area is 479 Å². The largest absolute Gasteiger partial charge is 0.462 e. The van der Waals surface area contributed by atoms with Gasteiger partial charge in [-0.2, -0.15) is 0 Å². The summed E-state index contributed by atoms with van der Waals surface area (Å²) in [4.78, 5) is 38.4. The average Bonchev–Trinajstić information content (AvgIpc) is 3.43. The van der Waals surface area contributed by atoms with E-state index in [0.717, 1.165) is 77.0 Å². The molecule has 0 radical (unpaired) electrons. The van der Waals surface area contributed by atoms with Crippen molar-refractivity contribution in [2.45, 2.75) is 361 Å². The van der Waals surface area contributed by atoms with E-state index in [1.807, 2.05) is 0 Å². The summed E-state index contributed by atoms with van der Waals surface area (Å²) in [6, 6.07) is 0. The van der Waals surface area contributed by atoms with Gasteiger partial charge in [0.2, 0.25) is 0 Å². The fourth-order valence-electron chi connectivity index (χ4n) is 9.85. The first-order valence-corrected chi connectivity index (χ1v) is 33.8. The van der Waals surface area contributed by atoms with Crippen LogP contribution in [0.4, 0.5) is 0 Å². The molecule has 0 bridgehead atoms. The van der Waals surface area contributed by atoms with Crippen LogP contribution in [0.1, 0.15) is 355 Å². The Kier molecular flexibility index (Phi) is 63.2. The lowest BCUT2D eigenvalue weighted by atomic mass is 10.0. The molecule has 0 aromatic heterocycles. The van der Waals surface area contributed by atoms with Gasteiger partial charge in [0.15, 0.2) is 6.10 Å². The van der Waals surface area contributed by atoms with Crippen molar-refractivity contribution in [2.75, 3.05) is 13.2 Å². The van der Waals surface area contributed by atoms with Crippen LogP contribution in [0.2, 0.25) is 0 Å². The van der Waals surface area contributed by atoms with Crippen LogP contribution in [0.5, 0.6) is 0 Å². The van der Waals surface area contributed by atoms with Gasteiger partial charge in [0.25, 0.3) is 0 Å². The first-order chi connectivity index (χ1) is 38.0. The monoisotopic (exact) mass is 1080 g/mol. The van der Waals surface area contributed by atoms with Gasteiger partial charge in [-0.1, -0.05) is 287 Å². The zero-order chi connectivity index (χ0) is 55.7.